The number of aromatic hydroxyl groups is 1. The van der Waals surface area contributed by atoms with Crippen molar-refractivity contribution in [1.82, 2.24) is 0 Å². The minimum atomic E-state index is 0.388. The highest BCUT2D eigenvalue weighted by molar-refractivity contribution is 5.42. The van der Waals surface area contributed by atoms with Crippen molar-refractivity contribution in [3.05, 3.63) is 35.7 Å². The molecule has 13 heavy (non-hydrogen) atoms. The van der Waals surface area contributed by atoms with Gasteiger partial charge in [0, 0.05) is 0 Å². The highest BCUT2D eigenvalue weighted by Gasteiger charge is 2.02. The van der Waals surface area contributed by atoms with E-state index in [2.05, 4.69) is 13.8 Å². The van der Waals surface area contributed by atoms with Crippen LogP contribution in [-0.2, 0) is 6.42 Å². The lowest BCUT2D eigenvalue weighted by molar-refractivity contribution is 0.470. The van der Waals surface area contributed by atoms with Crippen LogP contribution in [0.5, 0.6) is 5.75 Å². The van der Waals surface area contributed by atoms with Gasteiger partial charge in [0.05, 0.1) is 0 Å². The van der Waals surface area contributed by atoms with Gasteiger partial charge in [-0.2, -0.15) is 0 Å². The highest BCUT2D eigenvalue weighted by Crippen LogP contribution is 2.22. The molecule has 1 nitrogen and oxygen atoms in total. The smallest absolute Gasteiger partial charge is 0.118 e. The predicted molar refractivity (Wildman–Crippen MR) is 55.9 cm³/mol. The van der Waals surface area contributed by atoms with Crippen molar-refractivity contribution in [1.29, 1.82) is 0 Å². The van der Waals surface area contributed by atoms with E-state index in [4.69, 9.17) is 0 Å². The Morgan fingerprint density at radius 1 is 1.38 bits per heavy atom. The number of aryl methyl sites for hydroxylation is 2. The number of phenols is 1. The van der Waals surface area contributed by atoms with Crippen LogP contribution < -0.4 is 0 Å². The number of hydrogen-bond acceptors (Lipinski definition) is 1. The monoisotopic (exact) mass is 177 g/mol. The molecule has 1 radical (unpaired) electrons. The van der Waals surface area contributed by atoms with Crippen molar-refractivity contribution in [2.45, 2.75) is 33.1 Å². The van der Waals surface area contributed by atoms with Crippen molar-refractivity contribution >= 4 is 0 Å². The maximum Gasteiger partial charge on any atom is 0.118 e. The second-order valence-corrected chi connectivity index (χ2v) is 3.51. The third-order valence-electron chi connectivity index (χ3n) is 2.32. The lowest BCUT2D eigenvalue weighted by atomic mass is 10.0. The number of unbranched alkanes of at least 4 members (excludes halogenated alkanes) is 1. The lowest BCUT2D eigenvalue weighted by Gasteiger charge is -2.07. The molecule has 0 spiro atoms. The van der Waals surface area contributed by atoms with E-state index in [0.29, 0.717) is 5.75 Å². The first-order valence-corrected chi connectivity index (χ1v) is 4.79. The van der Waals surface area contributed by atoms with E-state index in [9.17, 15) is 5.11 Å². The van der Waals surface area contributed by atoms with Crippen LogP contribution in [0, 0.1) is 13.8 Å². The summed E-state index contributed by atoms with van der Waals surface area (Å²) in [4.78, 5) is 0. The Bertz CT molecular complexity index is 289. The van der Waals surface area contributed by atoms with Gasteiger partial charge in [0.15, 0.2) is 0 Å². The molecule has 0 amide bonds. The van der Waals surface area contributed by atoms with E-state index in [1.54, 1.807) is 0 Å². The number of rotatable bonds is 3. The summed E-state index contributed by atoms with van der Waals surface area (Å²) in [5, 5.41) is 9.50. The van der Waals surface area contributed by atoms with Crippen LogP contribution in [0.1, 0.15) is 36.5 Å². The van der Waals surface area contributed by atoms with Gasteiger partial charge in [-0.25, -0.2) is 0 Å². The zero-order valence-electron chi connectivity index (χ0n) is 8.43. The van der Waals surface area contributed by atoms with Crippen LogP contribution in [0.15, 0.2) is 12.1 Å². The van der Waals surface area contributed by atoms with Crippen molar-refractivity contribution in [2.24, 2.45) is 0 Å². The molecule has 0 saturated carbocycles. The molecular weight excluding hydrogens is 160 g/mol. The second-order valence-electron chi connectivity index (χ2n) is 3.51. The summed E-state index contributed by atoms with van der Waals surface area (Å²) in [5.41, 5.74) is 3.12. The fourth-order valence-corrected chi connectivity index (χ4v) is 1.40. The zero-order valence-corrected chi connectivity index (χ0v) is 8.43. The Kier molecular flexibility index (Phi) is 3.35. The standard InChI is InChI=1S/C12H17O/c1-4-5-6-11-8-12(13)10(3)7-9(11)2/h7-8,13H,2,4-6H2,1,3H3. The summed E-state index contributed by atoms with van der Waals surface area (Å²) >= 11 is 0. The van der Waals surface area contributed by atoms with Gasteiger partial charge in [0.25, 0.3) is 0 Å². The quantitative estimate of drug-likeness (QED) is 0.751. The third kappa shape index (κ3) is 2.48. The summed E-state index contributed by atoms with van der Waals surface area (Å²) in [6, 6.07) is 3.79. The van der Waals surface area contributed by atoms with E-state index in [0.717, 1.165) is 24.0 Å². The molecule has 0 unspecified atom stereocenters. The predicted octanol–water partition coefficient (Wildman–Crippen LogP) is 3.23. The van der Waals surface area contributed by atoms with E-state index in [1.807, 2.05) is 19.1 Å². The van der Waals surface area contributed by atoms with Crippen LogP contribution in [0.4, 0.5) is 0 Å². The second kappa shape index (κ2) is 4.31. The summed E-state index contributed by atoms with van der Waals surface area (Å²) < 4.78 is 0. The Morgan fingerprint density at radius 2 is 2.08 bits per heavy atom. The molecule has 1 aromatic rings. The lowest BCUT2D eigenvalue weighted by Crippen LogP contribution is -1.90. The van der Waals surface area contributed by atoms with Gasteiger partial charge in [0.2, 0.25) is 0 Å². The van der Waals surface area contributed by atoms with Gasteiger partial charge in [-0.3, -0.25) is 0 Å². The van der Waals surface area contributed by atoms with Crippen LogP contribution >= 0.6 is 0 Å². The minimum Gasteiger partial charge on any atom is -0.508 e. The van der Waals surface area contributed by atoms with Crippen molar-refractivity contribution in [3.63, 3.8) is 0 Å². The molecule has 0 atom stereocenters. The topological polar surface area (TPSA) is 20.2 Å². The maximum absolute atomic E-state index is 9.50. The maximum atomic E-state index is 9.50. The summed E-state index contributed by atoms with van der Waals surface area (Å²) in [5.74, 6) is 0.388. The largest absolute Gasteiger partial charge is 0.508 e. The molecule has 0 aliphatic heterocycles. The van der Waals surface area contributed by atoms with Gasteiger partial charge in [0.1, 0.15) is 5.75 Å². The first-order chi connectivity index (χ1) is 6.15. The Hall–Kier alpha value is -0.980. The number of hydrogen-bond donors (Lipinski definition) is 1. The molecule has 0 saturated heterocycles. The van der Waals surface area contributed by atoms with Gasteiger partial charge < -0.3 is 5.11 Å². The van der Waals surface area contributed by atoms with E-state index < -0.39 is 0 Å². The van der Waals surface area contributed by atoms with E-state index in [-0.39, 0.29) is 0 Å². The first-order valence-electron chi connectivity index (χ1n) is 4.79. The van der Waals surface area contributed by atoms with Crippen LogP contribution in [-0.4, -0.2) is 5.11 Å². The Labute approximate surface area is 80.4 Å². The fourth-order valence-electron chi connectivity index (χ4n) is 1.40. The molecule has 0 heterocycles. The molecule has 71 valence electrons. The molecule has 0 aromatic heterocycles. The molecule has 1 heteroatoms. The summed E-state index contributed by atoms with van der Waals surface area (Å²) in [7, 11) is 0. The molecule has 1 N–H and O–H groups in total. The fraction of sp³-hybridized carbons (Fsp3) is 0.417. The first kappa shape index (κ1) is 10.1. The normalized spacial score (nSPS) is 10.4. The average Bonchev–Trinajstić information content (AvgIpc) is 2.09. The zero-order chi connectivity index (χ0) is 9.84. The van der Waals surface area contributed by atoms with E-state index >= 15 is 0 Å². The average molecular weight is 177 g/mol. The SMILES string of the molecule is [CH2]c1cc(C)c(O)cc1CCCC. The molecule has 1 rings (SSSR count). The third-order valence-corrected chi connectivity index (χ3v) is 2.32. The molecule has 0 aliphatic rings. The molecule has 0 aliphatic carbocycles. The molecule has 0 bridgehead atoms. The van der Waals surface area contributed by atoms with Crippen LogP contribution in [0.2, 0.25) is 0 Å². The number of benzene rings is 1. The van der Waals surface area contributed by atoms with E-state index in [1.165, 1.54) is 12.0 Å². The number of phenolic OH excluding ortho intramolecular Hbond substituents is 1. The molecule has 1 aromatic carbocycles. The van der Waals surface area contributed by atoms with Crippen molar-refractivity contribution in [3.8, 4) is 5.75 Å². The van der Waals surface area contributed by atoms with Crippen LogP contribution in [0.25, 0.3) is 0 Å². The summed E-state index contributed by atoms with van der Waals surface area (Å²) in [6.07, 6.45) is 3.35. The summed E-state index contributed by atoms with van der Waals surface area (Å²) in [6.45, 7) is 8.02. The van der Waals surface area contributed by atoms with Crippen molar-refractivity contribution in [2.75, 3.05) is 0 Å². The highest BCUT2D eigenvalue weighted by atomic mass is 16.3. The van der Waals surface area contributed by atoms with Crippen LogP contribution in [0.3, 0.4) is 0 Å². The van der Waals surface area contributed by atoms with Crippen molar-refractivity contribution < 1.29 is 5.11 Å². The molecule has 0 fully saturated rings. The Morgan fingerprint density at radius 3 is 2.69 bits per heavy atom. The molecular formula is C12H17O. The van der Waals surface area contributed by atoms with Gasteiger partial charge in [-0.1, -0.05) is 19.4 Å². The van der Waals surface area contributed by atoms with Gasteiger partial charge in [-0.15, -0.1) is 0 Å². The minimum absolute atomic E-state index is 0.388. The van der Waals surface area contributed by atoms with Gasteiger partial charge >= 0.3 is 0 Å². The van der Waals surface area contributed by atoms with Gasteiger partial charge in [-0.05, 0) is 49.4 Å². The Balaban J connectivity index is 2.88.